The van der Waals surface area contributed by atoms with Gasteiger partial charge in [-0.3, -0.25) is 9.59 Å². The van der Waals surface area contributed by atoms with Crippen molar-refractivity contribution in [2.75, 3.05) is 9.91 Å². The minimum absolute atomic E-state index is 0.335. The number of benzene rings is 2. The van der Waals surface area contributed by atoms with Crippen LogP contribution in [0.4, 0.5) is 15.8 Å². The van der Waals surface area contributed by atoms with E-state index in [9.17, 15) is 14.0 Å². The van der Waals surface area contributed by atoms with Crippen molar-refractivity contribution in [3.8, 4) is 0 Å². The summed E-state index contributed by atoms with van der Waals surface area (Å²) in [5, 5.41) is 9.59. The normalized spacial score (nSPS) is 22.0. The molecule has 2 atom stereocenters. The van der Waals surface area contributed by atoms with Gasteiger partial charge in [0.25, 0.3) is 11.8 Å². The Morgan fingerprint density at radius 2 is 1.72 bits per heavy atom. The molecule has 6 nitrogen and oxygen atoms in total. The summed E-state index contributed by atoms with van der Waals surface area (Å²) in [4.78, 5) is 26.6. The smallest absolute Gasteiger partial charge is 0.263 e. The molecule has 2 aliphatic rings. The van der Waals surface area contributed by atoms with Gasteiger partial charge >= 0.3 is 0 Å². The lowest BCUT2D eigenvalue weighted by Gasteiger charge is -2.22. The molecule has 1 saturated heterocycles. The van der Waals surface area contributed by atoms with E-state index in [1.165, 1.54) is 29.3 Å². The second-order valence-electron chi connectivity index (χ2n) is 6.22. The zero-order valence-electron chi connectivity index (χ0n) is 13.7. The first kappa shape index (κ1) is 15.4. The van der Waals surface area contributed by atoms with Crippen LogP contribution in [-0.2, 0) is 9.59 Å². The molecule has 0 spiro atoms. The molecule has 4 rings (SSSR count). The Bertz CT molecular complexity index is 910. The minimum Gasteiger partial charge on any atom is -0.271 e. The van der Waals surface area contributed by atoms with Crippen LogP contribution in [0.25, 0.3) is 0 Å². The minimum atomic E-state index is -0.877. The number of carbonyl (C=O) groups is 2. The van der Waals surface area contributed by atoms with Crippen LogP contribution in [0.15, 0.2) is 52.8 Å². The second kappa shape index (κ2) is 5.47. The largest absolute Gasteiger partial charge is 0.271 e. The molecule has 2 heterocycles. The monoisotopic (exact) mass is 338 g/mol. The van der Waals surface area contributed by atoms with Gasteiger partial charge in [0.2, 0.25) is 0 Å². The van der Waals surface area contributed by atoms with E-state index in [1.54, 1.807) is 0 Å². The summed E-state index contributed by atoms with van der Waals surface area (Å²) in [6.07, 6.45) is 0. The molecule has 0 aromatic heterocycles. The van der Waals surface area contributed by atoms with Crippen LogP contribution in [0.1, 0.15) is 11.1 Å². The first-order valence-electron chi connectivity index (χ1n) is 7.88. The maximum Gasteiger partial charge on any atom is 0.263 e. The number of halogens is 1. The van der Waals surface area contributed by atoms with E-state index in [0.717, 1.165) is 21.7 Å². The van der Waals surface area contributed by atoms with E-state index in [2.05, 4.69) is 10.3 Å². The number of nitrogens with zero attached hydrogens (tertiary/aromatic N) is 4. The molecule has 0 radical (unpaired) electrons. The van der Waals surface area contributed by atoms with Gasteiger partial charge in [-0.1, -0.05) is 17.4 Å². The molecular weight excluding hydrogens is 323 g/mol. The fourth-order valence-electron chi connectivity index (χ4n) is 3.17. The van der Waals surface area contributed by atoms with Gasteiger partial charge in [-0.15, -0.1) is 0 Å². The summed E-state index contributed by atoms with van der Waals surface area (Å²) in [5.41, 5.74) is 3.04. The predicted octanol–water partition coefficient (Wildman–Crippen LogP) is 2.94. The Kier molecular flexibility index (Phi) is 3.38. The fraction of sp³-hybridized carbons (Fsp3) is 0.222. The van der Waals surface area contributed by atoms with Crippen molar-refractivity contribution in [1.82, 2.24) is 0 Å². The van der Waals surface area contributed by atoms with Crippen LogP contribution in [-0.4, -0.2) is 23.9 Å². The molecule has 126 valence electrons. The Hall–Kier alpha value is -3.09. The third kappa shape index (κ3) is 2.31. The van der Waals surface area contributed by atoms with Gasteiger partial charge < -0.3 is 0 Å². The number of rotatable bonds is 2. The van der Waals surface area contributed by atoms with Crippen molar-refractivity contribution in [3.05, 3.63) is 59.4 Å². The number of hydrogen-bond donors (Lipinski definition) is 0. The number of amides is 2. The summed E-state index contributed by atoms with van der Waals surface area (Å²) in [7, 11) is 0. The maximum atomic E-state index is 13.1. The molecule has 0 unspecified atom stereocenters. The predicted molar refractivity (Wildman–Crippen MR) is 89.7 cm³/mol. The van der Waals surface area contributed by atoms with Crippen LogP contribution in [0.2, 0.25) is 0 Å². The zero-order valence-corrected chi connectivity index (χ0v) is 13.7. The summed E-state index contributed by atoms with van der Waals surface area (Å²) in [6.45, 7) is 3.86. The summed E-state index contributed by atoms with van der Waals surface area (Å²) in [5.74, 6) is -1.29. The van der Waals surface area contributed by atoms with Crippen LogP contribution < -0.4 is 9.91 Å². The summed E-state index contributed by atoms with van der Waals surface area (Å²) >= 11 is 0. The second-order valence-corrected chi connectivity index (χ2v) is 6.22. The van der Waals surface area contributed by atoms with Gasteiger partial charge in [0, 0.05) is 0 Å². The Morgan fingerprint density at radius 3 is 2.44 bits per heavy atom. The van der Waals surface area contributed by atoms with Crippen LogP contribution in [0, 0.1) is 19.7 Å². The summed E-state index contributed by atoms with van der Waals surface area (Å²) in [6, 6.07) is 9.38. The van der Waals surface area contributed by atoms with E-state index in [0.29, 0.717) is 5.69 Å². The third-order valence-corrected chi connectivity index (χ3v) is 4.48. The first-order chi connectivity index (χ1) is 12.0. The zero-order chi connectivity index (χ0) is 17.7. The lowest BCUT2D eigenvalue weighted by Crippen LogP contribution is -2.40. The van der Waals surface area contributed by atoms with Gasteiger partial charge in [-0.2, -0.15) is 5.11 Å². The molecule has 2 aliphatic heterocycles. The average molecular weight is 338 g/mol. The molecule has 1 fully saturated rings. The Labute approximate surface area is 143 Å². The highest BCUT2D eigenvalue weighted by Crippen LogP contribution is 2.36. The van der Waals surface area contributed by atoms with E-state index >= 15 is 0 Å². The molecule has 2 aromatic carbocycles. The van der Waals surface area contributed by atoms with Crippen molar-refractivity contribution in [3.63, 3.8) is 0 Å². The number of imide groups is 1. The van der Waals surface area contributed by atoms with E-state index < -0.39 is 29.7 Å². The SMILES string of the molecule is Cc1ccc(C)c(N2N=N[C@H]3C(=O)N(c4ccc(F)cc4)C(=O)[C@H]32)c1. The molecule has 0 aliphatic carbocycles. The highest BCUT2D eigenvalue weighted by molar-refractivity contribution is 6.26. The van der Waals surface area contributed by atoms with Gasteiger partial charge in [-0.05, 0) is 55.3 Å². The van der Waals surface area contributed by atoms with E-state index in [1.807, 2.05) is 32.0 Å². The fourth-order valence-corrected chi connectivity index (χ4v) is 3.17. The Morgan fingerprint density at radius 1 is 1.00 bits per heavy atom. The first-order valence-corrected chi connectivity index (χ1v) is 7.88. The Balaban J connectivity index is 1.73. The van der Waals surface area contributed by atoms with Crippen molar-refractivity contribution in [1.29, 1.82) is 0 Å². The van der Waals surface area contributed by atoms with Gasteiger partial charge in [0.1, 0.15) is 5.82 Å². The number of hydrogen-bond acceptors (Lipinski definition) is 5. The van der Waals surface area contributed by atoms with Gasteiger partial charge in [0.05, 0.1) is 11.4 Å². The topological polar surface area (TPSA) is 65.3 Å². The summed E-state index contributed by atoms with van der Waals surface area (Å²) < 4.78 is 13.1. The molecule has 2 aromatic rings. The molecule has 0 bridgehead atoms. The van der Waals surface area contributed by atoms with Crippen LogP contribution >= 0.6 is 0 Å². The maximum absolute atomic E-state index is 13.1. The number of carbonyl (C=O) groups excluding carboxylic acids is 2. The number of aryl methyl sites for hydroxylation is 2. The van der Waals surface area contributed by atoms with Crippen LogP contribution in [0.5, 0.6) is 0 Å². The van der Waals surface area contributed by atoms with Crippen molar-refractivity contribution in [2.24, 2.45) is 10.3 Å². The number of anilines is 2. The lowest BCUT2D eigenvalue weighted by atomic mass is 10.1. The van der Waals surface area contributed by atoms with E-state index in [4.69, 9.17) is 0 Å². The quantitative estimate of drug-likeness (QED) is 0.791. The van der Waals surface area contributed by atoms with Gasteiger partial charge in [-0.25, -0.2) is 14.3 Å². The molecule has 0 N–H and O–H groups in total. The van der Waals surface area contributed by atoms with Crippen LogP contribution in [0.3, 0.4) is 0 Å². The highest BCUT2D eigenvalue weighted by atomic mass is 19.1. The molecule has 25 heavy (non-hydrogen) atoms. The molecule has 2 amide bonds. The van der Waals surface area contributed by atoms with Crippen molar-refractivity contribution < 1.29 is 14.0 Å². The third-order valence-electron chi connectivity index (χ3n) is 4.48. The standard InChI is InChI=1S/C18H15FN4O2/c1-10-3-4-11(2)14(9-10)23-16-15(20-21-23)17(24)22(18(16)25)13-7-5-12(19)6-8-13/h3-9,15-16H,1-2H3/t15-,16+/m1/s1. The molecule has 0 saturated carbocycles. The number of fused-ring (bicyclic) bond motifs is 1. The highest BCUT2D eigenvalue weighted by Gasteiger charge is 2.55. The van der Waals surface area contributed by atoms with E-state index in [-0.39, 0.29) is 0 Å². The lowest BCUT2D eigenvalue weighted by molar-refractivity contribution is -0.121. The van der Waals surface area contributed by atoms with Crippen molar-refractivity contribution >= 4 is 23.2 Å². The molecular formula is C18H15FN4O2. The van der Waals surface area contributed by atoms with Gasteiger partial charge in [0.15, 0.2) is 12.1 Å². The average Bonchev–Trinajstić information content (AvgIpc) is 3.12. The van der Waals surface area contributed by atoms with Crippen molar-refractivity contribution in [2.45, 2.75) is 25.9 Å². The molecule has 7 heteroatoms.